The Labute approximate surface area is 257 Å². The fourth-order valence-corrected chi connectivity index (χ4v) is 5.88. The number of ether oxygens (including phenoxy) is 2. The zero-order valence-corrected chi connectivity index (χ0v) is 25.8. The van der Waals surface area contributed by atoms with E-state index in [2.05, 4.69) is 44.8 Å². The molecule has 0 radical (unpaired) electrons. The number of hydrogen-bond acceptors (Lipinski definition) is 6. The second-order valence-corrected chi connectivity index (χ2v) is 12.0. The predicted octanol–water partition coefficient (Wildman–Crippen LogP) is 7.42. The molecule has 0 atom stereocenters. The molecule has 3 N–H and O–H groups in total. The first-order chi connectivity index (χ1) is 20.7. The highest BCUT2D eigenvalue weighted by molar-refractivity contribution is 9.10. The van der Waals surface area contributed by atoms with Crippen molar-refractivity contribution in [2.75, 3.05) is 18.8 Å². The third-order valence-corrected chi connectivity index (χ3v) is 8.55. The highest BCUT2D eigenvalue weighted by atomic mass is 79.9. The van der Waals surface area contributed by atoms with Gasteiger partial charge < -0.3 is 25.1 Å². The number of aryl methyl sites for hydroxylation is 1. The van der Waals surface area contributed by atoms with Gasteiger partial charge >= 0.3 is 0 Å². The molecule has 0 bridgehead atoms. The van der Waals surface area contributed by atoms with Gasteiger partial charge in [-0.1, -0.05) is 12.1 Å². The molecule has 5 aromatic rings. The van der Waals surface area contributed by atoms with E-state index in [0.29, 0.717) is 23.2 Å². The maximum Gasteiger partial charge on any atom is 0.214 e. The Morgan fingerprint density at radius 3 is 2.56 bits per heavy atom. The van der Waals surface area contributed by atoms with Gasteiger partial charge in [0.15, 0.2) is 11.6 Å². The quantitative estimate of drug-likeness (QED) is 0.170. The maximum atomic E-state index is 14.1. The van der Waals surface area contributed by atoms with Crippen molar-refractivity contribution < 1.29 is 18.7 Å². The number of hydrogen-bond donors (Lipinski definition) is 2. The molecule has 0 aliphatic carbocycles. The standard InChI is InChI=1S/C33H33BrFN5O3/c1-19(2)39-12-10-23(11-13-39)42-31-16-21-15-28(38-27(21)17-25(31)34)32(41)24-18-37-40(33(24)36)22-8-9-29(20(3)14-22)43-30-7-5-4-6-26(30)35/h4-9,14-19,23,38H,10-13,36H2,1-3H3. The zero-order chi connectivity index (χ0) is 30.2. The third-order valence-electron chi connectivity index (χ3n) is 7.93. The Kier molecular flexibility index (Phi) is 7.98. The summed E-state index contributed by atoms with van der Waals surface area (Å²) in [5.41, 5.74) is 9.33. The van der Waals surface area contributed by atoms with Gasteiger partial charge in [0, 0.05) is 30.0 Å². The summed E-state index contributed by atoms with van der Waals surface area (Å²) in [7, 11) is 0. The first kappa shape index (κ1) is 28.9. The monoisotopic (exact) mass is 645 g/mol. The lowest BCUT2D eigenvalue weighted by Crippen LogP contribution is -2.41. The van der Waals surface area contributed by atoms with E-state index in [4.69, 9.17) is 15.2 Å². The summed E-state index contributed by atoms with van der Waals surface area (Å²) >= 11 is 3.64. The van der Waals surface area contributed by atoms with Crippen LogP contribution in [0.1, 0.15) is 48.3 Å². The number of carbonyl (C=O) groups excluding carboxylic acids is 1. The van der Waals surface area contributed by atoms with Gasteiger partial charge in [-0.2, -0.15) is 5.10 Å². The summed E-state index contributed by atoms with van der Waals surface area (Å²) in [5.74, 6) is 0.907. The van der Waals surface area contributed by atoms with Gasteiger partial charge in [0.25, 0.3) is 0 Å². The molecule has 43 heavy (non-hydrogen) atoms. The molecule has 0 saturated carbocycles. The number of likely N-dealkylation sites (tertiary alicyclic amines) is 1. The lowest BCUT2D eigenvalue weighted by Gasteiger charge is -2.34. The molecule has 10 heteroatoms. The second kappa shape index (κ2) is 11.9. The number of benzene rings is 3. The number of carbonyl (C=O) groups is 1. The average Bonchev–Trinajstić information content (AvgIpc) is 3.58. The van der Waals surface area contributed by atoms with Crippen LogP contribution in [-0.4, -0.2) is 50.7 Å². The molecule has 0 unspecified atom stereocenters. The van der Waals surface area contributed by atoms with Crippen LogP contribution in [0.2, 0.25) is 0 Å². The summed E-state index contributed by atoms with van der Waals surface area (Å²) in [5, 5.41) is 5.26. The van der Waals surface area contributed by atoms with E-state index in [1.807, 2.05) is 31.2 Å². The van der Waals surface area contributed by atoms with Crippen LogP contribution in [0.5, 0.6) is 17.2 Å². The molecule has 3 aromatic carbocycles. The number of rotatable bonds is 8. The van der Waals surface area contributed by atoms with Crippen molar-refractivity contribution in [1.29, 1.82) is 0 Å². The smallest absolute Gasteiger partial charge is 0.214 e. The number of aromatic nitrogens is 3. The van der Waals surface area contributed by atoms with Crippen molar-refractivity contribution in [3.05, 3.63) is 94.0 Å². The second-order valence-electron chi connectivity index (χ2n) is 11.2. The van der Waals surface area contributed by atoms with Gasteiger partial charge in [-0.3, -0.25) is 4.79 Å². The molecule has 1 fully saturated rings. The minimum Gasteiger partial charge on any atom is -0.489 e. The van der Waals surface area contributed by atoms with Crippen molar-refractivity contribution in [3.63, 3.8) is 0 Å². The number of aromatic amines is 1. The SMILES string of the molecule is Cc1cc(-n2ncc(C(=O)c3cc4cc(OC5CCN(C(C)C)CC5)c(Br)cc4[nH]3)c2N)ccc1Oc1ccccc1F. The number of nitrogen functional groups attached to an aromatic ring is 1. The van der Waals surface area contributed by atoms with Gasteiger partial charge in [-0.15, -0.1) is 0 Å². The summed E-state index contributed by atoms with van der Waals surface area (Å²) in [6, 6.07) is 17.8. The molecule has 222 valence electrons. The molecule has 1 aliphatic rings. The van der Waals surface area contributed by atoms with E-state index in [1.54, 1.807) is 30.3 Å². The number of nitrogens with two attached hydrogens (primary N) is 1. The molecule has 1 aliphatic heterocycles. The van der Waals surface area contributed by atoms with E-state index in [0.717, 1.165) is 52.6 Å². The van der Waals surface area contributed by atoms with Crippen LogP contribution in [0.15, 0.2) is 71.3 Å². The number of halogens is 2. The summed E-state index contributed by atoms with van der Waals surface area (Å²) < 4.78 is 28.5. The van der Waals surface area contributed by atoms with Crippen LogP contribution in [0.3, 0.4) is 0 Å². The number of H-pyrrole nitrogens is 1. The number of anilines is 1. The van der Waals surface area contributed by atoms with Crippen LogP contribution in [0, 0.1) is 12.7 Å². The fourth-order valence-electron chi connectivity index (χ4n) is 5.45. The first-order valence-electron chi connectivity index (χ1n) is 14.3. The number of nitrogens with one attached hydrogen (secondary N) is 1. The Balaban J connectivity index is 1.20. The van der Waals surface area contributed by atoms with Crippen molar-refractivity contribution in [2.45, 2.75) is 45.8 Å². The predicted molar refractivity (Wildman–Crippen MR) is 169 cm³/mol. The van der Waals surface area contributed by atoms with Gasteiger partial charge in [0.1, 0.15) is 23.4 Å². The molecule has 0 spiro atoms. The van der Waals surface area contributed by atoms with Crippen LogP contribution in [0.4, 0.5) is 10.2 Å². The molecule has 2 aromatic heterocycles. The lowest BCUT2D eigenvalue weighted by atomic mass is 10.1. The van der Waals surface area contributed by atoms with E-state index in [-0.39, 0.29) is 29.0 Å². The van der Waals surface area contributed by atoms with E-state index >= 15 is 0 Å². The van der Waals surface area contributed by atoms with Gasteiger partial charge in [-0.05, 0) is 104 Å². The average molecular weight is 647 g/mol. The minimum absolute atomic E-state index is 0.140. The summed E-state index contributed by atoms with van der Waals surface area (Å²) in [6.07, 6.45) is 3.57. The minimum atomic E-state index is -0.444. The first-order valence-corrected chi connectivity index (χ1v) is 15.1. The van der Waals surface area contributed by atoms with Crippen LogP contribution in [0.25, 0.3) is 16.6 Å². The largest absolute Gasteiger partial charge is 0.489 e. The van der Waals surface area contributed by atoms with Crippen molar-refractivity contribution in [2.24, 2.45) is 0 Å². The molecule has 0 amide bonds. The fraction of sp³-hybridized carbons (Fsp3) is 0.273. The third kappa shape index (κ3) is 5.89. The maximum absolute atomic E-state index is 14.1. The topological polar surface area (TPSA) is 98.4 Å². The number of piperidine rings is 1. The van der Waals surface area contributed by atoms with E-state index < -0.39 is 5.82 Å². The number of nitrogens with zero attached hydrogens (tertiary/aromatic N) is 3. The van der Waals surface area contributed by atoms with E-state index in [1.165, 1.54) is 16.9 Å². The lowest BCUT2D eigenvalue weighted by molar-refractivity contribution is 0.0839. The van der Waals surface area contributed by atoms with Crippen molar-refractivity contribution in [3.8, 4) is 22.9 Å². The number of para-hydroxylation sites is 1. The van der Waals surface area contributed by atoms with Crippen molar-refractivity contribution >= 4 is 38.4 Å². The Morgan fingerprint density at radius 2 is 1.84 bits per heavy atom. The van der Waals surface area contributed by atoms with Crippen LogP contribution < -0.4 is 15.2 Å². The summed E-state index contributed by atoms with van der Waals surface area (Å²) in [4.78, 5) is 19.2. The molecular weight excluding hydrogens is 613 g/mol. The number of ketones is 1. The van der Waals surface area contributed by atoms with Crippen LogP contribution >= 0.6 is 15.9 Å². The highest BCUT2D eigenvalue weighted by Gasteiger charge is 2.24. The normalized spacial score (nSPS) is 14.5. The molecular formula is C33H33BrFN5O3. The summed E-state index contributed by atoms with van der Waals surface area (Å²) in [6.45, 7) is 8.33. The molecule has 6 rings (SSSR count). The highest BCUT2D eigenvalue weighted by Crippen LogP contribution is 2.34. The molecule has 1 saturated heterocycles. The van der Waals surface area contributed by atoms with E-state index in [9.17, 15) is 9.18 Å². The Hall–Kier alpha value is -4.15. The van der Waals surface area contributed by atoms with Gasteiger partial charge in [0.05, 0.1) is 27.6 Å². The van der Waals surface area contributed by atoms with Crippen molar-refractivity contribution in [1.82, 2.24) is 19.7 Å². The van der Waals surface area contributed by atoms with Gasteiger partial charge in [0.2, 0.25) is 5.78 Å². The molecule has 8 nitrogen and oxygen atoms in total. The number of fused-ring (bicyclic) bond motifs is 1. The molecule has 3 heterocycles. The van der Waals surface area contributed by atoms with Gasteiger partial charge in [-0.25, -0.2) is 9.07 Å². The zero-order valence-electron chi connectivity index (χ0n) is 24.2. The Morgan fingerprint density at radius 1 is 1.07 bits per heavy atom. The Bertz CT molecular complexity index is 1810. The van der Waals surface area contributed by atoms with Crippen LogP contribution in [-0.2, 0) is 0 Å².